The first-order valence-electron chi connectivity index (χ1n) is 20.1. The highest BCUT2D eigenvalue weighted by atomic mass is 19.1. The summed E-state index contributed by atoms with van der Waals surface area (Å²) < 4.78 is 20.3. The number of imide groups is 1. The Bertz CT molecular complexity index is 2530. The number of nitrogens with one attached hydrogen (secondary N) is 3. The lowest BCUT2D eigenvalue weighted by atomic mass is 9.89. The lowest BCUT2D eigenvalue weighted by Gasteiger charge is -2.36. The van der Waals surface area contributed by atoms with E-state index in [0.29, 0.717) is 29.9 Å². The number of pyridine rings is 1. The van der Waals surface area contributed by atoms with Gasteiger partial charge < -0.3 is 14.7 Å². The van der Waals surface area contributed by atoms with Gasteiger partial charge >= 0.3 is 11.8 Å². The van der Waals surface area contributed by atoms with Gasteiger partial charge in [0, 0.05) is 78.5 Å². The van der Waals surface area contributed by atoms with Crippen molar-refractivity contribution in [3.8, 4) is 22.4 Å². The van der Waals surface area contributed by atoms with E-state index in [1.807, 2.05) is 59.0 Å². The van der Waals surface area contributed by atoms with Crippen LogP contribution in [0.2, 0.25) is 0 Å². The highest BCUT2D eigenvalue weighted by molar-refractivity contribution is 6.01. The molecular formula is C45H48FN9O4. The molecular weight excluding hydrogens is 750 g/mol. The molecule has 8 rings (SSSR count). The second kappa shape index (κ2) is 16.2. The zero-order chi connectivity index (χ0) is 41.4. The molecule has 13 nitrogen and oxygen atoms in total. The Hall–Kier alpha value is -6.28. The van der Waals surface area contributed by atoms with Gasteiger partial charge in [-0.15, -0.1) is 0 Å². The zero-order valence-corrected chi connectivity index (χ0v) is 33.9. The third-order valence-corrected chi connectivity index (χ3v) is 11.4. The second-order valence-corrected chi connectivity index (χ2v) is 16.6. The largest absolute Gasteiger partial charge is 0.369 e. The van der Waals surface area contributed by atoms with Crippen molar-refractivity contribution in [3.05, 3.63) is 113 Å². The van der Waals surface area contributed by atoms with Gasteiger partial charge in [-0.1, -0.05) is 62.3 Å². The highest BCUT2D eigenvalue weighted by Gasteiger charge is 2.30. The van der Waals surface area contributed by atoms with Crippen LogP contribution < -0.4 is 15.5 Å². The van der Waals surface area contributed by atoms with Crippen LogP contribution in [0, 0.1) is 12.7 Å². The van der Waals surface area contributed by atoms with Crippen molar-refractivity contribution < 1.29 is 23.3 Å². The molecule has 0 bridgehead atoms. The van der Waals surface area contributed by atoms with E-state index < -0.39 is 17.7 Å². The Morgan fingerprint density at radius 1 is 0.983 bits per heavy atom. The molecule has 2 aliphatic heterocycles. The van der Waals surface area contributed by atoms with Crippen molar-refractivity contribution in [1.29, 1.82) is 0 Å². The van der Waals surface area contributed by atoms with Crippen LogP contribution in [0.3, 0.4) is 0 Å². The molecule has 3 aromatic heterocycles. The number of aromatic amines is 1. The number of aryl methyl sites for hydroxylation is 1. The third kappa shape index (κ3) is 8.49. The SMILES string of the molecule is Cc1cc(-c2[nH]nc3ncc(-c4ccc(N5CCN(CCc6ccc(C7CCC(=O)NC7=O)c(F)c6)CC5)cc4)cc23)ccc1[C@@H](C)NC(=O)c1nc(C(C)(C)C)no1. The number of fused-ring (bicyclic) bond motifs is 1. The number of hydrogen-bond acceptors (Lipinski definition) is 10. The summed E-state index contributed by atoms with van der Waals surface area (Å²) in [7, 11) is 0. The molecule has 3 amide bonds. The average molecular weight is 798 g/mol. The molecule has 2 saturated heterocycles. The second-order valence-electron chi connectivity index (χ2n) is 16.6. The summed E-state index contributed by atoms with van der Waals surface area (Å²) in [6, 6.07) is 21.6. The van der Waals surface area contributed by atoms with Gasteiger partial charge in [-0.25, -0.2) is 9.37 Å². The maximum absolute atomic E-state index is 15.0. The van der Waals surface area contributed by atoms with Crippen molar-refractivity contribution >= 4 is 34.4 Å². The van der Waals surface area contributed by atoms with E-state index >= 15 is 4.39 Å². The van der Waals surface area contributed by atoms with Gasteiger partial charge in [0.2, 0.25) is 11.8 Å². The molecule has 1 unspecified atom stereocenters. The maximum Gasteiger partial charge on any atom is 0.315 e. The summed E-state index contributed by atoms with van der Waals surface area (Å²) >= 11 is 0. The summed E-state index contributed by atoms with van der Waals surface area (Å²) in [5.41, 5.74) is 8.54. The van der Waals surface area contributed by atoms with Crippen molar-refractivity contribution in [3.63, 3.8) is 0 Å². The Kier molecular flexibility index (Phi) is 10.8. The smallest absolute Gasteiger partial charge is 0.315 e. The van der Waals surface area contributed by atoms with E-state index in [2.05, 4.69) is 82.2 Å². The topological polar surface area (TPSA) is 162 Å². The van der Waals surface area contributed by atoms with Gasteiger partial charge in [0.1, 0.15) is 5.82 Å². The number of anilines is 1. The van der Waals surface area contributed by atoms with E-state index in [4.69, 9.17) is 4.52 Å². The Balaban J connectivity index is 0.870. The number of hydrogen-bond donors (Lipinski definition) is 3. The molecule has 304 valence electrons. The Morgan fingerprint density at radius 2 is 1.75 bits per heavy atom. The van der Waals surface area contributed by atoms with E-state index in [1.54, 1.807) is 6.07 Å². The fourth-order valence-corrected chi connectivity index (χ4v) is 7.93. The van der Waals surface area contributed by atoms with Crippen LogP contribution in [0.4, 0.5) is 10.1 Å². The number of carbonyl (C=O) groups is 3. The predicted octanol–water partition coefficient (Wildman–Crippen LogP) is 6.80. The molecule has 2 fully saturated rings. The van der Waals surface area contributed by atoms with Crippen molar-refractivity contribution in [2.75, 3.05) is 37.6 Å². The lowest BCUT2D eigenvalue weighted by molar-refractivity contribution is -0.134. The van der Waals surface area contributed by atoms with Crippen LogP contribution in [0.15, 0.2) is 77.4 Å². The van der Waals surface area contributed by atoms with Crippen molar-refractivity contribution in [2.45, 2.75) is 71.3 Å². The van der Waals surface area contributed by atoms with Crippen LogP contribution in [0.5, 0.6) is 0 Å². The summed E-state index contributed by atoms with van der Waals surface area (Å²) in [5, 5.41) is 17.8. The first-order chi connectivity index (χ1) is 28.3. The van der Waals surface area contributed by atoms with Gasteiger partial charge in [-0.3, -0.25) is 29.7 Å². The van der Waals surface area contributed by atoms with Crippen LogP contribution in [-0.4, -0.2) is 80.7 Å². The Labute approximate surface area is 341 Å². The Morgan fingerprint density at radius 3 is 2.44 bits per heavy atom. The molecule has 59 heavy (non-hydrogen) atoms. The van der Waals surface area contributed by atoms with Crippen LogP contribution in [0.25, 0.3) is 33.4 Å². The molecule has 3 aromatic carbocycles. The summed E-state index contributed by atoms with van der Waals surface area (Å²) in [5.74, 6) is -1.74. The number of amides is 3. The van der Waals surface area contributed by atoms with E-state index in [9.17, 15) is 14.4 Å². The number of piperazine rings is 1. The average Bonchev–Trinajstić information content (AvgIpc) is 3.90. The lowest BCUT2D eigenvalue weighted by Crippen LogP contribution is -2.47. The summed E-state index contributed by atoms with van der Waals surface area (Å²) in [4.78, 5) is 50.4. The number of H-pyrrole nitrogens is 1. The minimum Gasteiger partial charge on any atom is -0.369 e. The minimum absolute atomic E-state index is 0.0565. The third-order valence-electron chi connectivity index (χ3n) is 11.4. The molecule has 5 heterocycles. The fraction of sp³-hybridized carbons (Fsp3) is 0.356. The van der Waals surface area contributed by atoms with Crippen molar-refractivity contribution in [1.82, 2.24) is 40.9 Å². The van der Waals surface area contributed by atoms with Gasteiger partial charge in [0.25, 0.3) is 0 Å². The predicted molar refractivity (Wildman–Crippen MR) is 222 cm³/mol. The number of carbonyl (C=O) groups excluding carboxylic acids is 3. The molecule has 0 aliphatic carbocycles. The van der Waals surface area contributed by atoms with Gasteiger partial charge in [-0.05, 0) is 79.3 Å². The number of rotatable bonds is 10. The molecule has 14 heteroatoms. The normalized spacial score (nSPS) is 17.0. The van der Waals surface area contributed by atoms with Crippen LogP contribution in [0.1, 0.15) is 91.3 Å². The number of benzene rings is 3. The van der Waals surface area contributed by atoms with Crippen molar-refractivity contribution in [2.24, 2.45) is 0 Å². The number of piperidine rings is 1. The highest BCUT2D eigenvalue weighted by Crippen LogP contribution is 2.33. The van der Waals surface area contributed by atoms with Crippen LogP contribution in [-0.2, 0) is 21.4 Å². The monoisotopic (exact) mass is 797 g/mol. The standard InChI is InChI=1S/C45H48FN9O4/c1-26-22-30(9-13-33(26)27(2)48-42(58)43-50-44(53-59-43)45(3,4)5)39-36-24-31(25-47-40(36)52-51-39)29-7-10-32(11-8-29)55-20-18-54(19-21-55)17-16-28-6-12-34(37(46)23-28)35-14-15-38(56)49-41(35)57/h6-13,22-25,27,35H,14-21H2,1-5H3,(H,48,58)(H,47,51,52)(H,49,56,57)/t27-,35?/m1/s1. The van der Waals surface area contributed by atoms with Gasteiger partial charge in [-0.2, -0.15) is 10.1 Å². The number of halogens is 1. The summed E-state index contributed by atoms with van der Waals surface area (Å²) in [6.07, 6.45) is 3.12. The van der Waals surface area contributed by atoms with Gasteiger partial charge in [0.05, 0.1) is 17.7 Å². The molecule has 0 spiro atoms. The maximum atomic E-state index is 15.0. The molecule has 0 radical (unpaired) electrons. The van der Waals surface area contributed by atoms with E-state index in [-0.39, 0.29) is 35.5 Å². The van der Waals surface area contributed by atoms with E-state index in [0.717, 1.165) is 82.9 Å². The molecule has 6 aromatic rings. The zero-order valence-electron chi connectivity index (χ0n) is 33.9. The van der Waals surface area contributed by atoms with Gasteiger partial charge in [0.15, 0.2) is 11.5 Å². The van der Waals surface area contributed by atoms with E-state index in [1.165, 1.54) is 6.07 Å². The first kappa shape index (κ1) is 39.5. The quantitative estimate of drug-likeness (QED) is 0.126. The molecule has 0 saturated carbocycles. The summed E-state index contributed by atoms with van der Waals surface area (Å²) in [6.45, 7) is 14.2. The fourth-order valence-electron chi connectivity index (χ4n) is 7.93. The molecule has 2 aliphatic rings. The first-order valence-corrected chi connectivity index (χ1v) is 20.1. The minimum atomic E-state index is -0.624. The molecule has 2 atom stereocenters. The molecule has 3 N–H and O–H groups in total. The number of aromatic nitrogens is 5. The number of nitrogens with zero attached hydrogens (tertiary/aromatic N) is 6. The van der Waals surface area contributed by atoms with Crippen LogP contribution >= 0.6 is 0 Å².